The van der Waals surface area contributed by atoms with E-state index in [-0.39, 0.29) is 11.6 Å². The first kappa shape index (κ1) is 20.1. The molecule has 1 aliphatic rings. The van der Waals surface area contributed by atoms with E-state index in [1.165, 1.54) is 0 Å². The molecule has 6 heteroatoms. The molecule has 0 spiro atoms. The number of hydrogen-bond acceptors (Lipinski definition) is 2. The van der Waals surface area contributed by atoms with Crippen LogP contribution in [0.3, 0.4) is 0 Å². The molecule has 0 amide bonds. The summed E-state index contributed by atoms with van der Waals surface area (Å²) < 4.78 is 4.88. The van der Waals surface area contributed by atoms with Crippen LogP contribution in [-0.2, 0) is 16.6 Å². The number of carboxylic acid groups (broad SMARTS) is 1. The van der Waals surface area contributed by atoms with Crippen molar-refractivity contribution in [2.45, 2.75) is 91.6 Å². The van der Waals surface area contributed by atoms with E-state index in [2.05, 4.69) is 64.7 Å². The summed E-state index contributed by atoms with van der Waals surface area (Å²) in [4.78, 5) is 11.5. The monoisotopic (exact) mass is 348 g/mol. The Morgan fingerprint density at radius 2 is 1.27 bits per heavy atom. The molecule has 22 heavy (non-hydrogen) atoms. The number of carboxylic acids is 1. The van der Waals surface area contributed by atoms with Gasteiger partial charge in [-0.15, -0.1) is 0 Å². The van der Waals surface area contributed by atoms with Crippen LogP contribution in [0, 0.1) is 5.92 Å². The topological polar surface area (TPSA) is 43.8 Å². The van der Waals surface area contributed by atoms with Crippen LogP contribution in [0.4, 0.5) is 0 Å². The molecule has 2 atom stereocenters. The summed E-state index contributed by atoms with van der Waals surface area (Å²) >= 11 is 6.33. The summed E-state index contributed by atoms with van der Waals surface area (Å²) in [6.07, 6.45) is -1.38. The van der Waals surface area contributed by atoms with Gasteiger partial charge in [-0.05, 0) is 61.8 Å². The molecule has 0 unspecified atom stereocenters. The van der Waals surface area contributed by atoms with Gasteiger partial charge in [0.2, 0.25) is 0 Å². The molecular weight excluding hydrogens is 315 g/mol. The molecule has 130 valence electrons. The summed E-state index contributed by atoms with van der Waals surface area (Å²) in [7, 11) is 0. The minimum absolute atomic E-state index is 0.120. The molecule has 0 aromatic heterocycles. The van der Waals surface area contributed by atoms with Gasteiger partial charge in [0.05, 0.1) is 12.3 Å². The molecule has 0 radical (unpaired) electrons. The quantitative estimate of drug-likeness (QED) is 0.672. The van der Waals surface area contributed by atoms with Gasteiger partial charge in [0, 0.05) is 29.8 Å². The number of aliphatic carboxylic acids is 1. The Morgan fingerprint density at radius 3 is 1.45 bits per heavy atom. The van der Waals surface area contributed by atoms with Gasteiger partial charge in [0.15, 0.2) is 0 Å². The summed E-state index contributed by atoms with van der Waals surface area (Å²) in [5.41, 5.74) is 0.120. The molecule has 0 aromatic carbocycles. The molecule has 0 bridgehead atoms. The first-order valence-corrected chi connectivity index (χ1v) is 11.1. The van der Waals surface area contributed by atoms with Gasteiger partial charge in [-0.25, -0.2) is 0 Å². The van der Waals surface area contributed by atoms with Crippen molar-refractivity contribution in [1.29, 1.82) is 0 Å². The minimum Gasteiger partial charge on any atom is -0.481 e. The molecule has 0 saturated heterocycles. The summed E-state index contributed by atoms with van der Waals surface area (Å²) in [5, 5.41) is 9.44. The third-order valence-corrected chi connectivity index (χ3v) is 10.8. The van der Waals surface area contributed by atoms with Crippen molar-refractivity contribution in [3.05, 3.63) is 0 Å². The molecule has 1 aliphatic carbocycles. The Labute approximate surface area is 141 Å². The van der Waals surface area contributed by atoms with Crippen molar-refractivity contribution in [1.82, 2.24) is 9.34 Å². The van der Waals surface area contributed by atoms with Gasteiger partial charge in [0.25, 0.3) is 0 Å². The van der Waals surface area contributed by atoms with Gasteiger partial charge < -0.3 is 5.11 Å². The Morgan fingerprint density at radius 1 is 0.955 bits per heavy atom. The summed E-state index contributed by atoms with van der Waals surface area (Å²) in [5.74, 6) is -0.940. The fourth-order valence-electron chi connectivity index (χ4n) is 3.80. The standard InChI is InChI=1S/C16H33N2O2PS/c1-10(2)17(11(3)4)21(22,15-9-14(15)16(19)20)18(12(5)6)13(7)8/h10-15H,9H2,1-8H3,(H,19,20)/t14-,15+/m1/s1. The van der Waals surface area contributed by atoms with E-state index >= 15 is 0 Å². The second-order valence-corrected chi connectivity index (χ2v) is 11.8. The first-order chi connectivity index (χ1) is 9.96. The SMILES string of the molecule is CC(C)N(C(C)C)P(=S)([C@H]1C[C@H]1C(=O)O)N(C(C)C)C(C)C. The van der Waals surface area contributed by atoms with Gasteiger partial charge >= 0.3 is 5.97 Å². The Kier molecular flexibility index (Phi) is 6.66. The van der Waals surface area contributed by atoms with Crippen LogP contribution in [0.15, 0.2) is 0 Å². The van der Waals surface area contributed by atoms with E-state index in [1.807, 2.05) is 0 Å². The average Bonchev–Trinajstić information content (AvgIpc) is 3.05. The van der Waals surface area contributed by atoms with Crippen LogP contribution >= 0.6 is 6.34 Å². The number of nitrogens with zero attached hydrogens (tertiary/aromatic N) is 2. The van der Waals surface area contributed by atoms with Crippen LogP contribution < -0.4 is 0 Å². The molecular formula is C16H33N2O2PS. The third-order valence-electron chi connectivity index (χ3n) is 4.28. The van der Waals surface area contributed by atoms with E-state index in [9.17, 15) is 9.90 Å². The van der Waals surface area contributed by atoms with Crippen molar-refractivity contribution in [2.75, 3.05) is 0 Å². The third kappa shape index (κ3) is 3.75. The molecule has 1 saturated carbocycles. The normalized spacial score (nSPS) is 22.6. The zero-order valence-electron chi connectivity index (χ0n) is 15.3. The van der Waals surface area contributed by atoms with Gasteiger partial charge in [-0.2, -0.15) is 0 Å². The molecule has 0 aliphatic heterocycles. The van der Waals surface area contributed by atoms with Crippen LogP contribution in [0.25, 0.3) is 0 Å². The van der Waals surface area contributed by atoms with E-state index in [1.54, 1.807) is 0 Å². The van der Waals surface area contributed by atoms with E-state index in [0.29, 0.717) is 24.2 Å². The van der Waals surface area contributed by atoms with Crippen molar-refractivity contribution in [3.8, 4) is 0 Å². The van der Waals surface area contributed by atoms with E-state index in [0.717, 1.165) is 6.42 Å². The maximum Gasteiger partial charge on any atom is 0.307 e. The molecule has 0 heterocycles. The summed E-state index contributed by atoms with van der Waals surface area (Å²) in [6, 6.07) is 1.28. The zero-order valence-corrected chi connectivity index (χ0v) is 17.0. The first-order valence-electron chi connectivity index (χ1n) is 8.36. The number of carbonyl (C=O) groups is 1. The Balaban J connectivity index is 3.38. The lowest BCUT2D eigenvalue weighted by atomic mass is 10.3. The fraction of sp³-hybridized carbons (Fsp3) is 0.938. The van der Waals surface area contributed by atoms with Crippen LogP contribution in [0.1, 0.15) is 61.8 Å². The van der Waals surface area contributed by atoms with Crippen molar-refractivity contribution in [3.63, 3.8) is 0 Å². The zero-order chi connectivity index (χ0) is 17.4. The largest absolute Gasteiger partial charge is 0.481 e. The molecule has 1 rings (SSSR count). The van der Waals surface area contributed by atoms with E-state index in [4.69, 9.17) is 11.8 Å². The van der Waals surface area contributed by atoms with Gasteiger partial charge in [-0.3, -0.25) is 14.1 Å². The predicted octanol–water partition coefficient (Wildman–Crippen LogP) is 4.01. The highest BCUT2D eigenvalue weighted by molar-refractivity contribution is 8.12. The molecule has 1 N–H and O–H groups in total. The fourth-order valence-corrected chi connectivity index (χ4v) is 11.4. The van der Waals surface area contributed by atoms with Crippen molar-refractivity contribution >= 4 is 24.1 Å². The smallest absolute Gasteiger partial charge is 0.307 e. The highest BCUT2D eigenvalue weighted by atomic mass is 32.4. The van der Waals surface area contributed by atoms with Gasteiger partial charge in [0.1, 0.15) is 0 Å². The molecule has 0 aromatic rings. The summed E-state index contributed by atoms with van der Waals surface area (Å²) in [6.45, 7) is 17.4. The van der Waals surface area contributed by atoms with Crippen LogP contribution in [-0.4, -0.2) is 50.2 Å². The van der Waals surface area contributed by atoms with Crippen molar-refractivity contribution < 1.29 is 9.90 Å². The highest BCUT2D eigenvalue weighted by Crippen LogP contribution is 2.70. The second kappa shape index (κ2) is 7.29. The van der Waals surface area contributed by atoms with Crippen molar-refractivity contribution in [2.24, 2.45) is 5.92 Å². The Hall–Kier alpha value is 0.0400. The lowest BCUT2D eigenvalue weighted by Gasteiger charge is -2.50. The van der Waals surface area contributed by atoms with E-state index < -0.39 is 12.3 Å². The van der Waals surface area contributed by atoms with Crippen LogP contribution in [0.2, 0.25) is 0 Å². The highest BCUT2D eigenvalue weighted by Gasteiger charge is 2.57. The van der Waals surface area contributed by atoms with Crippen LogP contribution in [0.5, 0.6) is 0 Å². The number of hydrogen-bond donors (Lipinski definition) is 1. The maximum atomic E-state index is 11.5. The van der Waals surface area contributed by atoms with Gasteiger partial charge in [-0.1, -0.05) is 11.8 Å². The number of rotatable bonds is 8. The Bertz CT molecular complexity index is 411. The lowest BCUT2D eigenvalue weighted by molar-refractivity contribution is -0.138. The lowest BCUT2D eigenvalue weighted by Crippen LogP contribution is -2.46. The second-order valence-electron chi connectivity index (χ2n) is 7.47. The minimum atomic E-state index is -2.12. The molecule has 4 nitrogen and oxygen atoms in total. The predicted molar refractivity (Wildman–Crippen MR) is 98.0 cm³/mol. The average molecular weight is 348 g/mol. The molecule has 1 fully saturated rings. The maximum absolute atomic E-state index is 11.5.